The smallest absolute Gasteiger partial charge is 0.271 e. The maximum atomic E-state index is 10.7. The van der Waals surface area contributed by atoms with Gasteiger partial charge in [-0.2, -0.15) is 0 Å². The average molecular weight is 286 g/mol. The van der Waals surface area contributed by atoms with Gasteiger partial charge in [0.05, 0.1) is 21.2 Å². The first-order valence-electron chi connectivity index (χ1n) is 5.80. The van der Waals surface area contributed by atoms with Crippen molar-refractivity contribution in [3.63, 3.8) is 0 Å². The summed E-state index contributed by atoms with van der Waals surface area (Å²) in [6.07, 6.45) is 1.43. The fourth-order valence-corrected chi connectivity index (χ4v) is 1.58. The van der Waals surface area contributed by atoms with Crippen LogP contribution in [-0.4, -0.2) is 16.1 Å². The highest BCUT2D eigenvalue weighted by Gasteiger charge is 2.08. The Labute approximate surface area is 118 Å². The van der Waals surface area contributed by atoms with Crippen LogP contribution in [0.4, 0.5) is 22.7 Å². The first-order chi connectivity index (χ1) is 9.97. The second-order valence-electron chi connectivity index (χ2n) is 4.11. The Balaban J connectivity index is 2.26. The lowest BCUT2D eigenvalue weighted by Gasteiger charge is -1.99. The molecule has 0 atom stereocenters. The molecule has 2 aromatic rings. The summed E-state index contributed by atoms with van der Waals surface area (Å²) in [6.45, 7) is 0. The zero-order chi connectivity index (χ0) is 15.4. The summed E-state index contributed by atoms with van der Waals surface area (Å²) in [4.78, 5) is 24.2. The molecule has 8 nitrogen and oxygen atoms in total. The highest BCUT2D eigenvalue weighted by atomic mass is 16.6. The van der Waals surface area contributed by atoms with E-state index < -0.39 is 9.85 Å². The van der Waals surface area contributed by atoms with E-state index in [9.17, 15) is 20.2 Å². The van der Waals surface area contributed by atoms with Gasteiger partial charge in [0.25, 0.3) is 11.4 Å². The lowest BCUT2D eigenvalue weighted by molar-refractivity contribution is -0.385. The molecule has 0 heterocycles. The standard InChI is InChI=1S/C13H10N4O4/c14-12-6-5-11(17(20)21)7-13(12)15-8-9-1-3-10(4-2-9)16(18)19/h1-8H,14H2. The third kappa shape index (κ3) is 3.38. The van der Waals surface area contributed by atoms with Gasteiger partial charge in [-0.05, 0) is 23.8 Å². The van der Waals surface area contributed by atoms with Crippen molar-refractivity contribution in [3.05, 3.63) is 68.3 Å². The van der Waals surface area contributed by atoms with Crippen LogP contribution < -0.4 is 5.73 Å². The van der Waals surface area contributed by atoms with E-state index >= 15 is 0 Å². The van der Waals surface area contributed by atoms with Crippen LogP contribution in [0.3, 0.4) is 0 Å². The summed E-state index contributed by atoms with van der Waals surface area (Å²) in [6, 6.07) is 9.69. The quantitative estimate of drug-likeness (QED) is 0.400. The molecule has 2 N–H and O–H groups in total. The van der Waals surface area contributed by atoms with Crippen molar-refractivity contribution in [3.8, 4) is 0 Å². The second kappa shape index (κ2) is 5.78. The van der Waals surface area contributed by atoms with Crippen molar-refractivity contribution in [2.45, 2.75) is 0 Å². The van der Waals surface area contributed by atoms with Crippen molar-refractivity contribution >= 4 is 29.0 Å². The van der Waals surface area contributed by atoms with Crippen LogP contribution in [-0.2, 0) is 0 Å². The summed E-state index contributed by atoms with van der Waals surface area (Å²) < 4.78 is 0. The molecule has 0 bridgehead atoms. The topological polar surface area (TPSA) is 125 Å². The number of nitro groups is 2. The van der Waals surface area contributed by atoms with Gasteiger partial charge in [-0.1, -0.05) is 0 Å². The molecule has 0 saturated carbocycles. The molecular weight excluding hydrogens is 276 g/mol. The third-order valence-corrected chi connectivity index (χ3v) is 2.68. The molecule has 0 amide bonds. The molecule has 106 valence electrons. The molecular formula is C13H10N4O4. The van der Waals surface area contributed by atoms with Gasteiger partial charge in [0.15, 0.2) is 0 Å². The lowest BCUT2D eigenvalue weighted by Crippen LogP contribution is -1.91. The molecule has 0 aliphatic carbocycles. The van der Waals surface area contributed by atoms with E-state index in [4.69, 9.17) is 5.73 Å². The van der Waals surface area contributed by atoms with Gasteiger partial charge >= 0.3 is 0 Å². The SMILES string of the molecule is Nc1ccc([N+](=O)[O-])cc1N=Cc1ccc([N+](=O)[O-])cc1. The fourth-order valence-electron chi connectivity index (χ4n) is 1.58. The van der Waals surface area contributed by atoms with Crippen molar-refractivity contribution in [2.24, 2.45) is 4.99 Å². The Bertz CT molecular complexity index is 725. The van der Waals surface area contributed by atoms with Gasteiger partial charge in [0, 0.05) is 30.5 Å². The van der Waals surface area contributed by atoms with Crippen LogP contribution >= 0.6 is 0 Å². The molecule has 0 spiro atoms. The molecule has 0 radical (unpaired) electrons. The van der Waals surface area contributed by atoms with Crippen molar-refractivity contribution < 1.29 is 9.85 Å². The largest absolute Gasteiger partial charge is 0.397 e. The third-order valence-electron chi connectivity index (χ3n) is 2.68. The molecule has 0 fully saturated rings. The number of rotatable bonds is 4. The number of nitrogens with two attached hydrogens (primary N) is 1. The normalized spacial score (nSPS) is 10.7. The fraction of sp³-hybridized carbons (Fsp3) is 0. The maximum absolute atomic E-state index is 10.7. The Hall–Kier alpha value is -3.29. The number of nitro benzene ring substituents is 2. The predicted molar refractivity (Wildman–Crippen MR) is 77.9 cm³/mol. The Morgan fingerprint density at radius 3 is 2.10 bits per heavy atom. The minimum absolute atomic E-state index is 0.0259. The van der Waals surface area contributed by atoms with Crippen LogP contribution in [0.25, 0.3) is 0 Å². The average Bonchev–Trinajstić information content (AvgIpc) is 2.46. The summed E-state index contributed by atoms with van der Waals surface area (Å²) in [7, 11) is 0. The molecule has 0 aromatic heterocycles. The highest BCUT2D eigenvalue weighted by molar-refractivity contribution is 5.84. The number of aliphatic imine (C=N–C) groups is 1. The zero-order valence-electron chi connectivity index (χ0n) is 10.7. The van der Waals surface area contributed by atoms with Crippen LogP contribution in [0.1, 0.15) is 5.56 Å². The van der Waals surface area contributed by atoms with Crippen LogP contribution in [0.15, 0.2) is 47.5 Å². The number of hydrogen-bond acceptors (Lipinski definition) is 6. The predicted octanol–water partition coefficient (Wildman–Crippen LogP) is 2.84. The van der Waals surface area contributed by atoms with Crippen LogP contribution in [0.2, 0.25) is 0 Å². The molecule has 0 unspecified atom stereocenters. The van der Waals surface area contributed by atoms with Gasteiger partial charge in [0.2, 0.25) is 0 Å². The van der Waals surface area contributed by atoms with Crippen molar-refractivity contribution in [1.82, 2.24) is 0 Å². The van der Waals surface area contributed by atoms with Gasteiger partial charge in [0.1, 0.15) is 0 Å². The molecule has 0 aliphatic heterocycles. The minimum atomic E-state index is -0.537. The molecule has 2 rings (SSSR count). The van der Waals surface area contributed by atoms with Gasteiger partial charge in [-0.3, -0.25) is 25.2 Å². The van der Waals surface area contributed by atoms with Gasteiger partial charge in [-0.25, -0.2) is 0 Å². The van der Waals surface area contributed by atoms with Gasteiger partial charge < -0.3 is 5.73 Å². The molecule has 8 heteroatoms. The van der Waals surface area contributed by atoms with Crippen LogP contribution in [0.5, 0.6) is 0 Å². The first-order valence-corrected chi connectivity index (χ1v) is 5.80. The molecule has 0 saturated heterocycles. The summed E-state index contributed by atoms with van der Waals surface area (Å²) >= 11 is 0. The number of anilines is 1. The molecule has 2 aromatic carbocycles. The van der Waals surface area contributed by atoms with Crippen molar-refractivity contribution in [2.75, 3.05) is 5.73 Å². The Morgan fingerprint density at radius 1 is 0.952 bits per heavy atom. The van der Waals surface area contributed by atoms with Gasteiger partial charge in [-0.15, -0.1) is 0 Å². The lowest BCUT2D eigenvalue weighted by atomic mass is 10.2. The number of nitrogen functional groups attached to an aromatic ring is 1. The van der Waals surface area contributed by atoms with E-state index in [1.54, 1.807) is 0 Å². The van der Waals surface area contributed by atoms with E-state index in [2.05, 4.69) is 4.99 Å². The zero-order valence-corrected chi connectivity index (χ0v) is 10.7. The molecule has 21 heavy (non-hydrogen) atoms. The van der Waals surface area contributed by atoms with E-state index in [-0.39, 0.29) is 17.1 Å². The Morgan fingerprint density at radius 2 is 1.52 bits per heavy atom. The maximum Gasteiger partial charge on any atom is 0.271 e. The summed E-state index contributed by atoms with van der Waals surface area (Å²) in [5.74, 6) is 0. The number of benzene rings is 2. The van der Waals surface area contributed by atoms with Crippen molar-refractivity contribution in [1.29, 1.82) is 0 Å². The van der Waals surface area contributed by atoms with E-state index in [1.165, 1.54) is 48.7 Å². The monoisotopic (exact) mass is 286 g/mol. The van der Waals surface area contributed by atoms with E-state index in [0.717, 1.165) is 0 Å². The Kier molecular flexibility index (Phi) is 3.89. The molecule has 0 aliphatic rings. The number of nitrogens with zero attached hydrogens (tertiary/aromatic N) is 3. The summed E-state index contributed by atoms with van der Waals surface area (Å²) in [5, 5.41) is 21.2. The summed E-state index contributed by atoms with van der Waals surface area (Å²) in [5.41, 5.74) is 6.74. The highest BCUT2D eigenvalue weighted by Crippen LogP contribution is 2.27. The first kappa shape index (κ1) is 14.1. The van der Waals surface area contributed by atoms with Crippen LogP contribution in [0, 0.1) is 20.2 Å². The number of hydrogen-bond donors (Lipinski definition) is 1. The number of non-ortho nitro benzene ring substituents is 2. The van der Waals surface area contributed by atoms with E-state index in [1.807, 2.05) is 0 Å². The minimum Gasteiger partial charge on any atom is -0.397 e. The van der Waals surface area contributed by atoms with E-state index in [0.29, 0.717) is 11.3 Å². The second-order valence-corrected chi connectivity index (χ2v) is 4.11.